The minimum Gasteiger partial charge on any atom is -0.349 e. The summed E-state index contributed by atoms with van der Waals surface area (Å²) in [5.74, 6) is -0.114. The van der Waals surface area contributed by atoms with Gasteiger partial charge in [-0.3, -0.25) is 4.79 Å². The van der Waals surface area contributed by atoms with Crippen LogP contribution in [-0.4, -0.2) is 53.3 Å². The van der Waals surface area contributed by atoms with Crippen molar-refractivity contribution >= 4 is 27.5 Å². The molecule has 152 valence electrons. The Morgan fingerprint density at radius 1 is 1.25 bits per heavy atom. The first-order valence-corrected chi connectivity index (χ1v) is 11.4. The van der Waals surface area contributed by atoms with Crippen LogP contribution in [-0.2, 0) is 10.0 Å². The monoisotopic (exact) mass is 424 g/mol. The SMILES string of the molecule is CCCS(=O)(=O)N1CCC(NC(=O)c2c(C)nn(-c3ccccc3)c2Cl)CC1. The first kappa shape index (κ1) is 20.8. The number of amides is 1. The van der Waals surface area contributed by atoms with E-state index in [-0.39, 0.29) is 22.9 Å². The topological polar surface area (TPSA) is 84.3 Å². The van der Waals surface area contributed by atoms with Gasteiger partial charge < -0.3 is 5.32 Å². The lowest BCUT2D eigenvalue weighted by Crippen LogP contribution is -2.47. The van der Waals surface area contributed by atoms with Crippen LogP contribution in [0.5, 0.6) is 0 Å². The summed E-state index contributed by atoms with van der Waals surface area (Å²) in [6.07, 6.45) is 1.76. The van der Waals surface area contributed by atoms with E-state index in [0.717, 1.165) is 5.69 Å². The van der Waals surface area contributed by atoms with Crippen molar-refractivity contribution in [1.29, 1.82) is 0 Å². The Labute approximate surface area is 170 Å². The van der Waals surface area contributed by atoms with Crippen LogP contribution >= 0.6 is 11.6 Å². The minimum absolute atomic E-state index is 0.0869. The number of aryl methyl sites for hydroxylation is 1. The molecule has 1 fully saturated rings. The van der Waals surface area contributed by atoms with Crippen molar-refractivity contribution in [2.45, 2.75) is 39.2 Å². The molecule has 1 aromatic heterocycles. The van der Waals surface area contributed by atoms with Crippen LogP contribution in [0, 0.1) is 6.92 Å². The molecule has 7 nitrogen and oxygen atoms in total. The Morgan fingerprint density at radius 3 is 2.50 bits per heavy atom. The van der Waals surface area contributed by atoms with Crippen LogP contribution in [0.2, 0.25) is 5.15 Å². The Hall–Kier alpha value is -1.90. The molecule has 1 aromatic carbocycles. The average Bonchev–Trinajstić information content (AvgIpc) is 2.97. The number of rotatable bonds is 6. The summed E-state index contributed by atoms with van der Waals surface area (Å²) in [6, 6.07) is 9.30. The number of para-hydroxylation sites is 1. The van der Waals surface area contributed by atoms with Crippen LogP contribution in [0.15, 0.2) is 30.3 Å². The molecule has 0 spiro atoms. The number of carbonyl (C=O) groups is 1. The van der Waals surface area contributed by atoms with Crippen molar-refractivity contribution in [3.05, 3.63) is 46.7 Å². The van der Waals surface area contributed by atoms with Crippen molar-refractivity contribution in [1.82, 2.24) is 19.4 Å². The maximum atomic E-state index is 12.8. The molecule has 9 heteroatoms. The Morgan fingerprint density at radius 2 is 1.89 bits per heavy atom. The molecule has 0 atom stereocenters. The van der Waals surface area contributed by atoms with Gasteiger partial charge in [0.15, 0.2) is 0 Å². The molecular weight excluding hydrogens is 400 g/mol. The van der Waals surface area contributed by atoms with E-state index in [1.54, 1.807) is 11.6 Å². The first-order chi connectivity index (χ1) is 13.3. The summed E-state index contributed by atoms with van der Waals surface area (Å²) in [7, 11) is -3.19. The number of halogens is 1. The van der Waals surface area contributed by atoms with Crippen molar-refractivity contribution in [2.24, 2.45) is 0 Å². The zero-order valence-corrected chi connectivity index (χ0v) is 17.6. The highest BCUT2D eigenvalue weighted by molar-refractivity contribution is 7.89. The highest BCUT2D eigenvalue weighted by atomic mass is 35.5. The molecule has 0 bridgehead atoms. The van der Waals surface area contributed by atoms with Gasteiger partial charge in [-0.15, -0.1) is 0 Å². The first-order valence-electron chi connectivity index (χ1n) is 9.42. The van der Waals surface area contributed by atoms with Crippen LogP contribution in [0.3, 0.4) is 0 Å². The number of nitrogens with zero attached hydrogens (tertiary/aromatic N) is 3. The third kappa shape index (κ3) is 4.39. The van der Waals surface area contributed by atoms with Gasteiger partial charge in [0.25, 0.3) is 5.91 Å². The van der Waals surface area contributed by atoms with E-state index in [9.17, 15) is 13.2 Å². The van der Waals surface area contributed by atoms with Crippen LogP contribution in [0.1, 0.15) is 42.2 Å². The summed E-state index contributed by atoms with van der Waals surface area (Å²) in [4.78, 5) is 12.8. The normalized spacial score (nSPS) is 16.2. The van der Waals surface area contributed by atoms with Crippen LogP contribution in [0.25, 0.3) is 5.69 Å². The van der Waals surface area contributed by atoms with Gasteiger partial charge in [0.2, 0.25) is 10.0 Å². The number of aromatic nitrogens is 2. The molecule has 1 N–H and O–H groups in total. The van der Waals surface area contributed by atoms with Gasteiger partial charge in [-0.05, 0) is 38.3 Å². The van der Waals surface area contributed by atoms with Gasteiger partial charge in [0, 0.05) is 19.1 Å². The van der Waals surface area contributed by atoms with E-state index >= 15 is 0 Å². The number of nitrogens with one attached hydrogen (secondary N) is 1. The smallest absolute Gasteiger partial charge is 0.256 e. The minimum atomic E-state index is -3.19. The lowest BCUT2D eigenvalue weighted by Gasteiger charge is -2.31. The van der Waals surface area contributed by atoms with Crippen molar-refractivity contribution < 1.29 is 13.2 Å². The fourth-order valence-corrected chi connectivity index (χ4v) is 5.32. The molecule has 0 radical (unpaired) electrons. The molecule has 1 saturated heterocycles. The summed E-state index contributed by atoms with van der Waals surface area (Å²) < 4.78 is 27.4. The fourth-order valence-electron chi connectivity index (χ4n) is 3.42. The molecular formula is C19H25ClN4O3S. The van der Waals surface area contributed by atoms with Crippen LogP contribution in [0.4, 0.5) is 0 Å². The lowest BCUT2D eigenvalue weighted by molar-refractivity contribution is 0.0923. The zero-order chi connectivity index (χ0) is 20.3. The maximum absolute atomic E-state index is 12.8. The Kier molecular flexibility index (Phi) is 6.42. The van der Waals surface area contributed by atoms with Gasteiger partial charge in [-0.2, -0.15) is 5.10 Å². The van der Waals surface area contributed by atoms with Gasteiger partial charge in [0.1, 0.15) is 5.15 Å². The summed E-state index contributed by atoms with van der Waals surface area (Å²) >= 11 is 6.45. The van der Waals surface area contributed by atoms with E-state index < -0.39 is 10.0 Å². The molecule has 28 heavy (non-hydrogen) atoms. The Balaban J connectivity index is 1.67. The number of piperidine rings is 1. The molecule has 2 aromatic rings. The second kappa shape index (κ2) is 8.63. The molecule has 0 saturated carbocycles. The molecule has 1 aliphatic rings. The number of hydrogen-bond acceptors (Lipinski definition) is 4. The predicted molar refractivity (Wildman–Crippen MR) is 109 cm³/mol. The lowest BCUT2D eigenvalue weighted by atomic mass is 10.1. The summed E-state index contributed by atoms with van der Waals surface area (Å²) in [5.41, 5.74) is 1.69. The van der Waals surface area contributed by atoms with Crippen molar-refractivity contribution in [2.75, 3.05) is 18.8 Å². The molecule has 3 rings (SSSR count). The third-order valence-electron chi connectivity index (χ3n) is 4.88. The van der Waals surface area contributed by atoms with E-state index in [1.807, 2.05) is 37.3 Å². The number of hydrogen-bond donors (Lipinski definition) is 1. The molecule has 0 aliphatic carbocycles. The van der Waals surface area contributed by atoms with Gasteiger partial charge >= 0.3 is 0 Å². The molecule has 1 amide bonds. The standard InChI is InChI=1S/C19H25ClN4O3S/c1-3-13-28(26,27)23-11-9-15(10-12-23)21-19(25)17-14(2)22-24(18(17)20)16-7-5-4-6-8-16/h4-8,15H,3,9-13H2,1-2H3,(H,21,25). The van der Waals surface area contributed by atoms with E-state index in [4.69, 9.17) is 11.6 Å². The second-order valence-corrected chi connectivity index (χ2v) is 9.41. The largest absolute Gasteiger partial charge is 0.349 e. The van der Waals surface area contributed by atoms with Crippen molar-refractivity contribution in [3.8, 4) is 5.69 Å². The van der Waals surface area contributed by atoms with E-state index in [0.29, 0.717) is 43.6 Å². The summed E-state index contributed by atoms with van der Waals surface area (Å²) in [5, 5.41) is 7.65. The summed E-state index contributed by atoms with van der Waals surface area (Å²) in [6.45, 7) is 4.44. The molecule has 2 heterocycles. The van der Waals surface area contributed by atoms with Gasteiger partial charge in [-0.25, -0.2) is 17.4 Å². The van der Waals surface area contributed by atoms with E-state index in [1.165, 1.54) is 4.31 Å². The van der Waals surface area contributed by atoms with Gasteiger partial charge in [-0.1, -0.05) is 36.7 Å². The second-order valence-electron chi connectivity index (χ2n) is 6.96. The fraction of sp³-hybridized carbons (Fsp3) is 0.474. The highest BCUT2D eigenvalue weighted by Gasteiger charge is 2.29. The maximum Gasteiger partial charge on any atom is 0.256 e. The number of benzene rings is 1. The zero-order valence-electron chi connectivity index (χ0n) is 16.1. The molecule has 0 unspecified atom stereocenters. The van der Waals surface area contributed by atoms with Gasteiger partial charge in [0.05, 0.1) is 22.7 Å². The number of sulfonamides is 1. The van der Waals surface area contributed by atoms with Crippen LogP contribution < -0.4 is 5.32 Å². The Bertz CT molecular complexity index is 936. The van der Waals surface area contributed by atoms with E-state index in [2.05, 4.69) is 10.4 Å². The predicted octanol–water partition coefficient (Wildman–Crippen LogP) is 2.77. The van der Waals surface area contributed by atoms with Crippen molar-refractivity contribution in [3.63, 3.8) is 0 Å². The highest BCUT2D eigenvalue weighted by Crippen LogP contribution is 2.24. The number of carbonyl (C=O) groups excluding carboxylic acids is 1. The average molecular weight is 425 g/mol. The quantitative estimate of drug-likeness (QED) is 0.772. The molecule has 1 aliphatic heterocycles. The third-order valence-corrected chi connectivity index (χ3v) is 7.30.